The van der Waals surface area contributed by atoms with E-state index >= 15 is 0 Å². The molecule has 0 saturated heterocycles. The van der Waals surface area contributed by atoms with Gasteiger partial charge < -0.3 is 5.32 Å². The van der Waals surface area contributed by atoms with Crippen molar-refractivity contribution in [2.75, 3.05) is 6.54 Å². The Balaban J connectivity index is 1.77. The number of nitrogens with one attached hydrogen (secondary N) is 1. The Morgan fingerprint density at radius 3 is 2.81 bits per heavy atom. The van der Waals surface area contributed by atoms with Gasteiger partial charge in [-0.25, -0.2) is 4.98 Å². The zero-order chi connectivity index (χ0) is 14.9. The Hall–Kier alpha value is -1.68. The molecule has 0 bridgehead atoms. The number of benzene rings is 1. The summed E-state index contributed by atoms with van der Waals surface area (Å²) in [5.74, 6) is 0.125. The highest BCUT2D eigenvalue weighted by molar-refractivity contribution is 7.13. The van der Waals surface area contributed by atoms with Crippen LogP contribution in [0.25, 0.3) is 10.6 Å². The van der Waals surface area contributed by atoms with E-state index in [9.17, 15) is 4.79 Å². The summed E-state index contributed by atoms with van der Waals surface area (Å²) in [5.41, 5.74) is 2.14. The number of unbranched alkanes of at least 4 members (excludes halogenated alkanes) is 2. The molecule has 4 heteroatoms. The molecule has 0 unspecified atom stereocenters. The minimum atomic E-state index is 0.125. The molecule has 112 valence electrons. The van der Waals surface area contributed by atoms with Gasteiger partial charge in [-0.05, 0) is 12.8 Å². The van der Waals surface area contributed by atoms with Crippen molar-refractivity contribution >= 4 is 17.2 Å². The van der Waals surface area contributed by atoms with Gasteiger partial charge in [0.05, 0.1) is 5.69 Å². The third kappa shape index (κ3) is 5.31. The van der Waals surface area contributed by atoms with Crippen LogP contribution < -0.4 is 5.32 Å². The van der Waals surface area contributed by atoms with Crippen molar-refractivity contribution in [2.24, 2.45) is 0 Å². The average molecular weight is 302 g/mol. The van der Waals surface area contributed by atoms with Crippen LogP contribution in [-0.4, -0.2) is 17.4 Å². The molecule has 21 heavy (non-hydrogen) atoms. The van der Waals surface area contributed by atoms with Gasteiger partial charge in [-0.15, -0.1) is 11.3 Å². The maximum absolute atomic E-state index is 11.7. The molecular weight excluding hydrogens is 280 g/mol. The lowest BCUT2D eigenvalue weighted by Gasteiger charge is -2.03. The first-order chi connectivity index (χ1) is 10.3. The standard InChI is InChI=1S/C17H22N2OS/c1-2-3-7-12-18-16(20)11-10-15-13-21-17(19-15)14-8-5-4-6-9-14/h4-6,8-9,13H,2-3,7,10-12H2,1H3,(H,18,20). The molecule has 0 spiro atoms. The van der Waals surface area contributed by atoms with Crippen LogP contribution in [0.3, 0.4) is 0 Å². The highest BCUT2D eigenvalue weighted by Gasteiger charge is 2.06. The molecule has 0 aliphatic heterocycles. The van der Waals surface area contributed by atoms with E-state index < -0.39 is 0 Å². The number of hydrogen-bond donors (Lipinski definition) is 1. The highest BCUT2D eigenvalue weighted by Crippen LogP contribution is 2.23. The smallest absolute Gasteiger partial charge is 0.220 e. The minimum absolute atomic E-state index is 0.125. The van der Waals surface area contributed by atoms with Gasteiger partial charge >= 0.3 is 0 Å². The number of carbonyl (C=O) groups excluding carboxylic acids is 1. The van der Waals surface area contributed by atoms with E-state index in [1.54, 1.807) is 11.3 Å². The summed E-state index contributed by atoms with van der Waals surface area (Å²) >= 11 is 1.64. The van der Waals surface area contributed by atoms with Crippen molar-refractivity contribution in [1.29, 1.82) is 0 Å². The summed E-state index contributed by atoms with van der Waals surface area (Å²) < 4.78 is 0. The monoisotopic (exact) mass is 302 g/mol. The molecule has 0 radical (unpaired) electrons. The Morgan fingerprint density at radius 2 is 2.05 bits per heavy atom. The van der Waals surface area contributed by atoms with Gasteiger partial charge in [0.25, 0.3) is 0 Å². The minimum Gasteiger partial charge on any atom is -0.356 e. The Kier molecular flexibility index (Phi) is 6.41. The maximum atomic E-state index is 11.7. The van der Waals surface area contributed by atoms with Crippen LogP contribution in [0.1, 0.15) is 38.3 Å². The van der Waals surface area contributed by atoms with Gasteiger partial charge in [-0.1, -0.05) is 50.1 Å². The molecule has 0 fully saturated rings. The fourth-order valence-corrected chi connectivity index (χ4v) is 2.93. The van der Waals surface area contributed by atoms with Crippen molar-refractivity contribution in [3.63, 3.8) is 0 Å². The largest absolute Gasteiger partial charge is 0.356 e. The molecule has 1 amide bonds. The normalized spacial score (nSPS) is 10.5. The van der Waals surface area contributed by atoms with E-state index in [1.165, 1.54) is 12.8 Å². The van der Waals surface area contributed by atoms with Crippen LogP contribution in [0.4, 0.5) is 0 Å². The highest BCUT2D eigenvalue weighted by atomic mass is 32.1. The van der Waals surface area contributed by atoms with Crippen LogP contribution in [0, 0.1) is 0 Å². The molecule has 2 aromatic rings. The second-order valence-corrected chi connectivity index (χ2v) is 5.93. The number of thiazole rings is 1. The zero-order valence-electron chi connectivity index (χ0n) is 12.5. The first-order valence-electron chi connectivity index (χ1n) is 7.56. The second-order valence-electron chi connectivity index (χ2n) is 5.07. The molecule has 0 aliphatic carbocycles. The molecule has 0 aliphatic rings. The number of amides is 1. The summed E-state index contributed by atoms with van der Waals surface area (Å²) in [4.78, 5) is 16.3. The van der Waals surface area contributed by atoms with E-state index in [4.69, 9.17) is 0 Å². The summed E-state index contributed by atoms with van der Waals surface area (Å²) in [5, 5.41) is 6.03. The summed E-state index contributed by atoms with van der Waals surface area (Å²) in [7, 11) is 0. The van der Waals surface area contributed by atoms with Crippen molar-refractivity contribution in [3.05, 3.63) is 41.4 Å². The predicted molar refractivity (Wildman–Crippen MR) is 88.4 cm³/mol. The lowest BCUT2D eigenvalue weighted by molar-refractivity contribution is -0.121. The molecule has 1 aromatic heterocycles. The Labute approximate surface area is 130 Å². The molecular formula is C17H22N2OS. The molecule has 1 aromatic carbocycles. The number of hydrogen-bond acceptors (Lipinski definition) is 3. The first-order valence-corrected chi connectivity index (χ1v) is 8.44. The van der Waals surface area contributed by atoms with E-state index in [0.29, 0.717) is 12.8 Å². The number of rotatable bonds is 8. The lowest BCUT2D eigenvalue weighted by atomic mass is 10.2. The number of aryl methyl sites for hydroxylation is 1. The van der Waals surface area contributed by atoms with E-state index in [-0.39, 0.29) is 5.91 Å². The van der Waals surface area contributed by atoms with Gasteiger partial charge in [-0.2, -0.15) is 0 Å². The van der Waals surface area contributed by atoms with Crippen molar-refractivity contribution in [2.45, 2.75) is 39.0 Å². The van der Waals surface area contributed by atoms with Crippen LogP contribution in [0.2, 0.25) is 0 Å². The number of nitrogens with zero attached hydrogens (tertiary/aromatic N) is 1. The third-order valence-electron chi connectivity index (χ3n) is 3.28. The number of aromatic nitrogens is 1. The first kappa shape index (κ1) is 15.7. The van der Waals surface area contributed by atoms with Crippen molar-refractivity contribution in [3.8, 4) is 10.6 Å². The fraction of sp³-hybridized carbons (Fsp3) is 0.412. The molecule has 1 heterocycles. The fourth-order valence-electron chi connectivity index (χ4n) is 2.07. The summed E-state index contributed by atoms with van der Waals surface area (Å²) in [6.07, 6.45) is 4.65. The van der Waals surface area contributed by atoms with Crippen LogP contribution in [-0.2, 0) is 11.2 Å². The molecule has 0 atom stereocenters. The van der Waals surface area contributed by atoms with Crippen molar-refractivity contribution < 1.29 is 4.79 Å². The molecule has 0 saturated carbocycles. The molecule has 2 rings (SSSR count). The van der Waals surface area contributed by atoms with Gasteiger partial charge in [0, 0.05) is 23.9 Å². The van der Waals surface area contributed by atoms with Gasteiger partial charge in [0.2, 0.25) is 5.91 Å². The van der Waals surface area contributed by atoms with E-state index in [2.05, 4.69) is 29.4 Å². The van der Waals surface area contributed by atoms with Gasteiger partial charge in [0.1, 0.15) is 5.01 Å². The van der Waals surface area contributed by atoms with Crippen molar-refractivity contribution in [1.82, 2.24) is 10.3 Å². The van der Waals surface area contributed by atoms with Gasteiger partial charge in [-0.3, -0.25) is 4.79 Å². The summed E-state index contributed by atoms with van der Waals surface area (Å²) in [6, 6.07) is 10.1. The zero-order valence-corrected chi connectivity index (χ0v) is 13.3. The second kappa shape index (κ2) is 8.57. The molecule has 1 N–H and O–H groups in total. The number of carbonyl (C=O) groups is 1. The predicted octanol–water partition coefficient (Wildman–Crippen LogP) is 4.05. The van der Waals surface area contributed by atoms with Crippen LogP contribution in [0.15, 0.2) is 35.7 Å². The van der Waals surface area contributed by atoms with E-state index in [0.717, 1.165) is 29.2 Å². The molecule has 3 nitrogen and oxygen atoms in total. The average Bonchev–Trinajstić information content (AvgIpc) is 2.99. The maximum Gasteiger partial charge on any atom is 0.220 e. The van der Waals surface area contributed by atoms with Crippen LogP contribution >= 0.6 is 11.3 Å². The quantitative estimate of drug-likeness (QED) is 0.747. The Bertz CT molecular complexity index is 551. The SMILES string of the molecule is CCCCCNC(=O)CCc1csc(-c2ccccc2)n1. The summed E-state index contributed by atoms with van der Waals surface area (Å²) in [6.45, 7) is 2.95. The Morgan fingerprint density at radius 1 is 1.24 bits per heavy atom. The van der Waals surface area contributed by atoms with E-state index in [1.807, 2.05) is 23.6 Å². The van der Waals surface area contributed by atoms with Gasteiger partial charge in [0.15, 0.2) is 0 Å². The third-order valence-corrected chi connectivity index (χ3v) is 4.22. The lowest BCUT2D eigenvalue weighted by Crippen LogP contribution is -2.24. The van der Waals surface area contributed by atoms with Crippen LogP contribution in [0.5, 0.6) is 0 Å². The topological polar surface area (TPSA) is 42.0 Å².